The van der Waals surface area contributed by atoms with Gasteiger partial charge in [-0.3, -0.25) is 4.79 Å². The van der Waals surface area contributed by atoms with Gasteiger partial charge in [-0.05, 0) is 90.7 Å². The second-order valence-corrected chi connectivity index (χ2v) is 12.2. The fourth-order valence-electron chi connectivity index (χ4n) is 8.26. The molecule has 3 aliphatic carbocycles. The molecule has 1 aliphatic heterocycles. The Kier molecular flexibility index (Phi) is 6.74. The van der Waals surface area contributed by atoms with E-state index in [-0.39, 0.29) is 11.3 Å². The number of allylic oxidation sites excluding steroid dienone is 1. The molecule has 0 N–H and O–H groups in total. The van der Waals surface area contributed by atoms with Gasteiger partial charge in [0.2, 0.25) is 5.91 Å². The Balaban J connectivity index is 1.10. The molecule has 0 bridgehead atoms. The zero-order valence-corrected chi connectivity index (χ0v) is 23.3. The van der Waals surface area contributed by atoms with Crippen molar-refractivity contribution >= 4 is 5.91 Å². The second-order valence-electron chi connectivity index (χ2n) is 12.2. The van der Waals surface area contributed by atoms with E-state index in [1.54, 1.807) is 6.08 Å². The van der Waals surface area contributed by atoms with Crippen LogP contribution in [0.5, 0.6) is 5.75 Å². The number of nitrogens with zero attached hydrogens (tertiary/aromatic N) is 2. The maximum absolute atomic E-state index is 12.8. The van der Waals surface area contributed by atoms with E-state index in [0.717, 1.165) is 37.2 Å². The van der Waals surface area contributed by atoms with Gasteiger partial charge >= 0.3 is 0 Å². The fraction of sp³-hybridized carbons (Fsp3) is 0.471. The summed E-state index contributed by atoms with van der Waals surface area (Å²) < 4.78 is 17.5. The lowest BCUT2D eigenvalue weighted by Gasteiger charge is -2.50. The highest BCUT2D eigenvalue weighted by Crippen LogP contribution is 2.64. The predicted octanol–water partition coefficient (Wildman–Crippen LogP) is 6.17. The summed E-state index contributed by atoms with van der Waals surface area (Å²) in [7, 11) is 0. The maximum atomic E-state index is 12.8. The van der Waals surface area contributed by atoms with Gasteiger partial charge in [0.25, 0.3) is 0 Å². The highest BCUT2D eigenvalue weighted by Gasteiger charge is 2.59. The minimum atomic E-state index is -0.00401. The number of carbonyl (C=O) groups is 1. The van der Waals surface area contributed by atoms with E-state index in [9.17, 15) is 4.79 Å². The van der Waals surface area contributed by atoms with Gasteiger partial charge in [0, 0.05) is 24.1 Å². The number of amides is 1. The Bertz CT molecular complexity index is 1390. The van der Waals surface area contributed by atoms with Crippen LogP contribution >= 0.6 is 0 Å². The molecule has 2 heterocycles. The molecule has 0 unspecified atom stereocenters. The van der Waals surface area contributed by atoms with Crippen molar-refractivity contribution in [2.75, 3.05) is 26.3 Å². The van der Waals surface area contributed by atoms with E-state index >= 15 is 0 Å². The van der Waals surface area contributed by atoms with Crippen LogP contribution in [0.15, 0.2) is 71.4 Å². The van der Waals surface area contributed by atoms with Crippen molar-refractivity contribution in [2.45, 2.75) is 62.9 Å². The van der Waals surface area contributed by atoms with Crippen molar-refractivity contribution in [3.63, 3.8) is 0 Å². The van der Waals surface area contributed by atoms with Gasteiger partial charge in [0.05, 0.1) is 19.4 Å². The van der Waals surface area contributed by atoms with Crippen LogP contribution in [0.2, 0.25) is 0 Å². The molecule has 7 rings (SSSR count). The molecule has 0 radical (unpaired) electrons. The normalized spacial score (nSPS) is 29.0. The van der Waals surface area contributed by atoms with Crippen LogP contribution in [0, 0.1) is 11.8 Å². The smallest absolute Gasteiger partial charge is 0.246 e. The lowest BCUT2D eigenvalue weighted by Crippen LogP contribution is -2.44. The van der Waals surface area contributed by atoms with Crippen molar-refractivity contribution in [3.8, 4) is 5.75 Å². The van der Waals surface area contributed by atoms with E-state index < -0.39 is 0 Å². The molecule has 2 aromatic carbocycles. The summed E-state index contributed by atoms with van der Waals surface area (Å²) in [6.07, 6.45) is 11.2. The summed E-state index contributed by atoms with van der Waals surface area (Å²) in [5.74, 6) is 4.07. The minimum absolute atomic E-state index is 0.00401. The van der Waals surface area contributed by atoms with Gasteiger partial charge < -0.3 is 18.9 Å². The number of benzene rings is 2. The molecule has 6 nitrogen and oxygen atoms in total. The van der Waals surface area contributed by atoms with Crippen molar-refractivity contribution < 1.29 is 18.8 Å². The topological polar surface area (TPSA) is 64.8 Å². The van der Waals surface area contributed by atoms with Gasteiger partial charge in [0.1, 0.15) is 18.1 Å². The highest BCUT2D eigenvalue weighted by molar-refractivity contribution is 5.87. The van der Waals surface area contributed by atoms with Gasteiger partial charge in [0.15, 0.2) is 0 Å². The van der Waals surface area contributed by atoms with Crippen LogP contribution < -0.4 is 4.74 Å². The summed E-state index contributed by atoms with van der Waals surface area (Å²) in [6, 6.07) is 17.1. The molecule has 6 heteroatoms. The van der Waals surface area contributed by atoms with Gasteiger partial charge in [-0.15, -0.1) is 0 Å². The van der Waals surface area contributed by atoms with Crippen LogP contribution in [0.25, 0.3) is 0 Å². The average Bonchev–Trinajstić information content (AvgIpc) is 3.58. The van der Waals surface area contributed by atoms with Gasteiger partial charge in [-0.25, -0.2) is 0 Å². The average molecular weight is 539 g/mol. The SMILES string of the molecule is C[C@]12CC[C@@H]3c4ccc(OCc5ccccc5)cc4CC[C@H]3[C@@H]1[C@H](CC=CC(=O)N1CCOCC1)c1cnoc12. The largest absolute Gasteiger partial charge is 0.489 e. The molecule has 1 saturated carbocycles. The first-order valence-corrected chi connectivity index (χ1v) is 14.9. The van der Waals surface area contributed by atoms with Crippen molar-refractivity contribution in [1.29, 1.82) is 0 Å². The monoisotopic (exact) mass is 538 g/mol. The van der Waals surface area contributed by atoms with E-state index in [0.29, 0.717) is 56.6 Å². The fourth-order valence-corrected chi connectivity index (χ4v) is 8.26. The molecule has 1 aromatic heterocycles. The van der Waals surface area contributed by atoms with Gasteiger partial charge in [-0.1, -0.05) is 54.6 Å². The van der Waals surface area contributed by atoms with Crippen molar-refractivity contribution in [1.82, 2.24) is 10.1 Å². The summed E-state index contributed by atoms with van der Waals surface area (Å²) in [5, 5.41) is 4.23. The van der Waals surface area contributed by atoms with Crippen LogP contribution in [-0.4, -0.2) is 42.3 Å². The first-order valence-electron chi connectivity index (χ1n) is 14.9. The number of rotatable bonds is 6. The zero-order valence-electron chi connectivity index (χ0n) is 23.3. The first kappa shape index (κ1) is 25.6. The third-order valence-corrected chi connectivity index (χ3v) is 10.1. The van der Waals surface area contributed by atoms with Crippen molar-refractivity contribution in [2.24, 2.45) is 11.8 Å². The Morgan fingerprint density at radius 3 is 2.83 bits per heavy atom. The third-order valence-electron chi connectivity index (χ3n) is 10.1. The third kappa shape index (κ3) is 4.46. The highest BCUT2D eigenvalue weighted by atomic mass is 16.5. The van der Waals surface area contributed by atoms with Crippen LogP contribution in [0.3, 0.4) is 0 Å². The summed E-state index contributed by atoms with van der Waals surface area (Å²) in [4.78, 5) is 14.7. The van der Waals surface area contributed by atoms with E-state index in [4.69, 9.17) is 14.0 Å². The van der Waals surface area contributed by atoms with Gasteiger partial charge in [-0.2, -0.15) is 0 Å². The number of aromatic nitrogens is 1. The molecule has 1 amide bonds. The molecular formula is C34H38N2O4. The molecule has 2 fully saturated rings. The molecule has 3 aromatic rings. The first-order chi connectivity index (χ1) is 19.6. The molecule has 4 aliphatic rings. The number of hydrogen-bond acceptors (Lipinski definition) is 5. The second kappa shape index (κ2) is 10.5. The Morgan fingerprint density at radius 2 is 1.98 bits per heavy atom. The molecular weight excluding hydrogens is 500 g/mol. The Morgan fingerprint density at radius 1 is 1.12 bits per heavy atom. The Labute approximate surface area is 236 Å². The quantitative estimate of drug-likeness (QED) is 0.351. The number of fused-ring (bicyclic) bond motifs is 7. The molecule has 40 heavy (non-hydrogen) atoms. The van der Waals surface area contributed by atoms with Crippen molar-refractivity contribution in [3.05, 3.63) is 94.9 Å². The molecule has 208 valence electrons. The minimum Gasteiger partial charge on any atom is -0.489 e. The van der Waals surface area contributed by atoms with E-state index in [2.05, 4.69) is 60.6 Å². The predicted molar refractivity (Wildman–Crippen MR) is 152 cm³/mol. The van der Waals surface area contributed by atoms with E-state index in [1.807, 2.05) is 17.2 Å². The lowest BCUT2D eigenvalue weighted by molar-refractivity contribution is -0.130. The zero-order chi connectivity index (χ0) is 27.1. The number of ether oxygens (including phenoxy) is 2. The number of morpholine rings is 1. The standard InChI is InChI=1S/C34H38N2O4/c1-34-15-14-27-26-13-11-25(39-22-23-6-3-2-4-7-23)20-24(26)10-12-29(27)32(34)28(30-21-35-40-33(30)34)8-5-9-31(37)36-16-18-38-19-17-36/h2-7,9,11,13,20-21,27-29,32H,8,10,12,14-19,22H2,1H3/t27-,28-,29-,32+,34+/m1/s1. The molecule has 0 spiro atoms. The summed E-state index contributed by atoms with van der Waals surface area (Å²) in [6.45, 7) is 5.58. The number of carbonyl (C=O) groups excluding carboxylic acids is 1. The molecule has 1 saturated heterocycles. The van der Waals surface area contributed by atoms with Crippen LogP contribution in [0.1, 0.15) is 72.5 Å². The summed E-state index contributed by atoms with van der Waals surface area (Å²) in [5.41, 5.74) is 5.39. The summed E-state index contributed by atoms with van der Waals surface area (Å²) >= 11 is 0. The lowest BCUT2D eigenvalue weighted by atomic mass is 9.53. The Hall–Kier alpha value is -3.38. The number of aryl methyl sites for hydroxylation is 1. The molecule has 5 atom stereocenters. The van der Waals surface area contributed by atoms with Crippen LogP contribution in [-0.2, 0) is 28.0 Å². The van der Waals surface area contributed by atoms with Crippen LogP contribution in [0.4, 0.5) is 0 Å². The maximum Gasteiger partial charge on any atom is 0.246 e. The van der Waals surface area contributed by atoms with E-state index in [1.165, 1.54) is 28.7 Å². The number of hydrogen-bond donors (Lipinski definition) is 0.